The van der Waals surface area contributed by atoms with Crippen LogP contribution in [0.3, 0.4) is 0 Å². The fourth-order valence-electron chi connectivity index (χ4n) is 3.42. The lowest BCUT2D eigenvalue weighted by atomic mass is 10.1. The van der Waals surface area contributed by atoms with Gasteiger partial charge < -0.3 is 20.0 Å². The first kappa shape index (κ1) is 20.3. The van der Waals surface area contributed by atoms with Gasteiger partial charge in [-0.05, 0) is 30.2 Å². The van der Waals surface area contributed by atoms with E-state index in [0.717, 1.165) is 16.5 Å². The van der Waals surface area contributed by atoms with Crippen LogP contribution in [0.15, 0.2) is 59.5 Å². The van der Waals surface area contributed by atoms with Crippen LogP contribution >= 0.6 is 0 Å². The van der Waals surface area contributed by atoms with Gasteiger partial charge in [0.2, 0.25) is 0 Å². The number of amides is 1. The molecule has 0 saturated carbocycles. The van der Waals surface area contributed by atoms with Crippen LogP contribution in [0.4, 0.5) is 0 Å². The summed E-state index contributed by atoms with van der Waals surface area (Å²) in [6, 6.07) is 15.0. The molecule has 4 aromatic rings. The smallest absolute Gasteiger partial charge is 0.306 e. The summed E-state index contributed by atoms with van der Waals surface area (Å²) in [7, 11) is 0. The van der Waals surface area contributed by atoms with Crippen molar-refractivity contribution in [2.45, 2.75) is 19.3 Å². The van der Waals surface area contributed by atoms with Crippen LogP contribution < -0.4 is 10.9 Å². The molecule has 0 aliphatic carbocycles. The molecule has 0 radical (unpaired) electrons. The van der Waals surface area contributed by atoms with E-state index in [2.05, 4.69) is 20.3 Å². The zero-order valence-electron chi connectivity index (χ0n) is 16.8. The van der Waals surface area contributed by atoms with E-state index in [-0.39, 0.29) is 30.9 Å². The minimum absolute atomic E-state index is 0.0178. The number of H-pyrrole nitrogens is 2. The highest BCUT2D eigenvalue weighted by atomic mass is 16.5. The molecule has 4 rings (SSSR count). The van der Waals surface area contributed by atoms with Crippen LogP contribution in [0.5, 0.6) is 0 Å². The lowest BCUT2D eigenvalue weighted by Crippen LogP contribution is -2.30. The lowest BCUT2D eigenvalue weighted by Gasteiger charge is -2.07. The van der Waals surface area contributed by atoms with E-state index < -0.39 is 5.97 Å². The largest absolute Gasteiger partial charge is 0.456 e. The van der Waals surface area contributed by atoms with Crippen LogP contribution in [0.1, 0.15) is 17.8 Å². The highest BCUT2D eigenvalue weighted by Crippen LogP contribution is 2.17. The second-order valence-corrected chi connectivity index (χ2v) is 7.15. The van der Waals surface area contributed by atoms with Gasteiger partial charge in [0.25, 0.3) is 11.5 Å². The maximum atomic E-state index is 12.1. The number of para-hydroxylation sites is 2. The first-order valence-electron chi connectivity index (χ1n) is 10.1. The van der Waals surface area contributed by atoms with Gasteiger partial charge in [-0.3, -0.25) is 14.4 Å². The molecular weight excluding hydrogens is 396 g/mol. The molecule has 1 amide bonds. The molecule has 31 heavy (non-hydrogen) atoms. The number of esters is 1. The van der Waals surface area contributed by atoms with Crippen molar-refractivity contribution in [3.8, 4) is 0 Å². The number of hydrogen-bond donors (Lipinski definition) is 3. The molecule has 8 heteroatoms. The van der Waals surface area contributed by atoms with Gasteiger partial charge in [0.1, 0.15) is 5.82 Å². The number of benzene rings is 2. The van der Waals surface area contributed by atoms with E-state index in [1.165, 1.54) is 0 Å². The highest BCUT2D eigenvalue weighted by Gasteiger charge is 2.10. The molecule has 0 fully saturated rings. The summed E-state index contributed by atoms with van der Waals surface area (Å²) in [5, 5.41) is 4.38. The minimum Gasteiger partial charge on any atom is -0.456 e. The lowest BCUT2D eigenvalue weighted by molar-refractivity contribution is -0.148. The predicted molar refractivity (Wildman–Crippen MR) is 117 cm³/mol. The molecule has 0 aliphatic heterocycles. The van der Waals surface area contributed by atoms with E-state index in [0.29, 0.717) is 29.7 Å². The molecule has 0 atom stereocenters. The van der Waals surface area contributed by atoms with Gasteiger partial charge in [-0.1, -0.05) is 30.3 Å². The van der Waals surface area contributed by atoms with Gasteiger partial charge in [0, 0.05) is 30.1 Å². The summed E-state index contributed by atoms with van der Waals surface area (Å²) in [5.41, 5.74) is 2.50. The number of nitrogens with one attached hydrogen (secondary N) is 3. The van der Waals surface area contributed by atoms with E-state index in [1.54, 1.807) is 24.3 Å². The zero-order valence-corrected chi connectivity index (χ0v) is 16.8. The fourth-order valence-corrected chi connectivity index (χ4v) is 3.42. The normalized spacial score (nSPS) is 11.0. The Morgan fingerprint density at radius 3 is 2.65 bits per heavy atom. The van der Waals surface area contributed by atoms with Crippen molar-refractivity contribution in [2.75, 3.05) is 13.2 Å². The van der Waals surface area contributed by atoms with E-state index in [1.807, 2.05) is 30.5 Å². The van der Waals surface area contributed by atoms with Gasteiger partial charge in [-0.2, -0.15) is 0 Å². The quantitative estimate of drug-likeness (QED) is 0.380. The number of aromatic amines is 2. The van der Waals surface area contributed by atoms with E-state index >= 15 is 0 Å². The van der Waals surface area contributed by atoms with Crippen molar-refractivity contribution < 1.29 is 14.3 Å². The molecule has 2 heterocycles. The Morgan fingerprint density at radius 1 is 1.00 bits per heavy atom. The van der Waals surface area contributed by atoms with Crippen molar-refractivity contribution in [2.24, 2.45) is 0 Å². The van der Waals surface area contributed by atoms with Gasteiger partial charge in [0.05, 0.1) is 17.3 Å². The molecule has 2 aromatic carbocycles. The van der Waals surface area contributed by atoms with Crippen LogP contribution in [-0.2, 0) is 27.2 Å². The van der Waals surface area contributed by atoms with Crippen molar-refractivity contribution in [3.05, 3.63) is 76.5 Å². The predicted octanol–water partition coefficient (Wildman–Crippen LogP) is 2.24. The highest BCUT2D eigenvalue weighted by molar-refractivity contribution is 5.83. The average molecular weight is 418 g/mol. The summed E-state index contributed by atoms with van der Waals surface area (Å²) in [5.74, 6) is -0.475. The molecule has 158 valence electrons. The van der Waals surface area contributed by atoms with Crippen LogP contribution in [-0.4, -0.2) is 40.0 Å². The molecule has 0 unspecified atom stereocenters. The third-order valence-corrected chi connectivity index (χ3v) is 4.98. The summed E-state index contributed by atoms with van der Waals surface area (Å²) in [6.07, 6.45) is 2.84. The summed E-state index contributed by atoms with van der Waals surface area (Å²) in [4.78, 5) is 46.2. The third kappa shape index (κ3) is 4.98. The van der Waals surface area contributed by atoms with E-state index in [4.69, 9.17) is 4.74 Å². The Kier molecular flexibility index (Phi) is 6.07. The Bertz CT molecular complexity index is 1290. The number of carbonyl (C=O) groups excluding carboxylic acids is 2. The minimum atomic E-state index is -0.525. The SMILES string of the molecule is O=C(COC(=O)CCc1nc2ccccc2c(=O)[nH]1)NCCc1c[nH]c2ccccc12. The number of fused-ring (bicyclic) bond motifs is 2. The molecule has 3 N–H and O–H groups in total. The van der Waals surface area contributed by atoms with Crippen molar-refractivity contribution in [3.63, 3.8) is 0 Å². The van der Waals surface area contributed by atoms with Crippen molar-refractivity contribution >= 4 is 33.7 Å². The molecule has 0 spiro atoms. The number of hydrogen-bond acceptors (Lipinski definition) is 5. The number of carbonyl (C=O) groups is 2. The molecule has 2 aromatic heterocycles. The van der Waals surface area contributed by atoms with Gasteiger partial charge in [0.15, 0.2) is 6.61 Å². The Labute approximate surface area is 177 Å². The Morgan fingerprint density at radius 2 is 1.77 bits per heavy atom. The first-order valence-corrected chi connectivity index (χ1v) is 10.1. The van der Waals surface area contributed by atoms with E-state index in [9.17, 15) is 14.4 Å². The first-order chi connectivity index (χ1) is 15.1. The maximum absolute atomic E-state index is 12.1. The number of aryl methyl sites for hydroxylation is 1. The number of ether oxygens (including phenoxy) is 1. The monoisotopic (exact) mass is 418 g/mol. The molecule has 8 nitrogen and oxygen atoms in total. The fraction of sp³-hybridized carbons (Fsp3) is 0.217. The molecule has 0 bridgehead atoms. The third-order valence-electron chi connectivity index (χ3n) is 4.98. The van der Waals surface area contributed by atoms with Crippen molar-refractivity contribution in [1.29, 1.82) is 0 Å². The summed E-state index contributed by atoms with van der Waals surface area (Å²) < 4.78 is 5.02. The molecule has 0 saturated heterocycles. The Hall–Kier alpha value is -3.94. The van der Waals surface area contributed by atoms with Crippen molar-refractivity contribution in [1.82, 2.24) is 20.3 Å². The summed E-state index contributed by atoms with van der Waals surface area (Å²) >= 11 is 0. The van der Waals surface area contributed by atoms with Crippen LogP contribution in [0.25, 0.3) is 21.8 Å². The van der Waals surface area contributed by atoms with Gasteiger partial charge in [-0.15, -0.1) is 0 Å². The zero-order chi connectivity index (χ0) is 21.6. The second kappa shape index (κ2) is 9.25. The number of rotatable bonds is 8. The summed E-state index contributed by atoms with van der Waals surface area (Å²) in [6.45, 7) is 0.106. The molecular formula is C23H22N4O4. The van der Waals surface area contributed by atoms with Crippen LogP contribution in [0, 0.1) is 0 Å². The topological polar surface area (TPSA) is 117 Å². The van der Waals surface area contributed by atoms with Crippen LogP contribution in [0.2, 0.25) is 0 Å². The maximum Gasteiger partial charge on any atom is 0.306 e. The number of aromatic nitrogens is 3. The number of nitrogens with zero attached hydrogens (tertiary/aromatic N) is 1. The average Bonchev–Trinajstić information content (AvgIpc) is 3.19. The second-order valence-electron chi connectivity index (χ2n) is 7.15. The van der Waals surface area contributed by atoms with Gasteiger partial charge in [-0.25, -0.2) is 4.98 Å². The Balaban J connectivity index is 1.20. The standard InChI is InChI=1S/C23H22N4O4/c28-21(24-12-11-15-13-25-18-7-3-1-5-16(15)18)14-31-22(29)10-9-20-26-19-8-4-2-6-17(19)23(30)27-20/h1-8,13,25H,9-12,14H2,(H,24,28)(H,26,27,30). The van der Waals surface area contributed by atoms with Gasteiger partial charge >= 0.3 is 5.97 Å². The molecule has 0 aliphatic rings.